The maximum absolute atomic E-state index is 13.3. The molecule has 96 valence electrons. The maximum Gasteiger partial charge on any atom is 0.123 e. The minimum Gasteiger partial charge on any atom is -0.323 e. The lowest BCUT2D eigenvalue weighted by Gasteiger charge is -2.12. The lowest BCUT2D eigenvalue weighted by Crippen LogP contribution is -2.14. The first-order valence-electron chi connectivity index (χ1n) is 5.79. The Kier molecular flexibility index (Phi) is 4.20. The summed E-state index contributed by atoms with van der Waals surface area (Å²) in [5.41, 5.74) is 7.00. The molecule has 0 saturated heterocycles. The Morgan fingerprint density at radius 3 is 2.61 bits per heavy atom. The topological polar surface area (TPSA) is 26.0 Å². The Labute approximate surface area is 119 Å². The summed E-state index contributed by atoms with van der Waals surface area (Å²) < 4.78 is 14.2. The molecule has 18 heavy (non-hydrogen) atoms. The molecule has 0 fully saturated rings. The molecule has 4 heteroatoms. The molecule has 1 aromatic carbocycles. The van der Waals surface area contributed by atoms with Gasteiger partial charge in [0.05, 0.1) is 0 Å². The zero-order chi connectivity index (χ0) is 13.3. The molecule has 0 spiro atoms. The molecule has 0 aliphatic carbocycles. The highest BCUT2D eigenvalue weighted by atomic mass is 79.9. The number of benzene rings is 1. The van der Waals surface area contributed by atoms with Crippen LogP contribution in [0.5, 0.6) is 0 Å². The molecule has 2 rings (SSSR count). The van der Waals surface area contributed by atoms with E-state index in [1.807, 2.05) is 12.1 Å². The highest BCUT2D eigenvalue weighted by Crippen LogP contribution is 2.36. The minimum atomic E-state index is -0.226. The van der Waals surface area contributed by atoms with Crippen LogP contribution in [-0.4, -0.2) is 0 Å². The quantitative estimate of drug-likeness (QED) is 0.845. The second-order valence-electron chi connectivity index (χ2n) is 4.60. The van der Waals surface area contributed by atoms with E-state index in [1.165, 1.54) is 6.07 Å². The van der Waals surface area contributed by atoms with Crippen LogP contribution in [0.4, 0.5) is 4.39 Å². The SMILES string of the molecule is CC(C)C(N)c1ccc(-c2cc(F)ccc2Br)s1. The molecule has 0 aliphatic rings. The average molecular weight is 328 g/mol. The fourth-order valence-electron chi connectivity index (χ4n) is 1.69. The van der Waals surface area contributed by atoms with Crippen LogP contribution in [-0.2, 0) is 0 Å². The molecular formula is C14H15BrFNS. The lowest BCUT2D eigenvalue weighted by molar-refractivity contribution is 0.521. The molecule has 1 aromatic heterocycles. The third-order valence-electron chi connectivity index (χ3n) is 2.87. The molecular weight excluding hydrogens is 313 g/mol. The van der Waals surface area contributed by atoms with Gasteiger partial charge in [-0.2, -0.15) is 0 Å². The van der Waals surface area contributed by atoms with Gasteiger partial charge < -0.3 is 5.73 Å². The molecule has 1 atom stereocenters. The van der Waals surface area contributed by atoms with Crippen LogP contribution >= 0.6 is 27.3 Å². The number of thiophene rings is 1. The first-order chi connectivity index (χ1) is 8.49. The zero-order valence-electron chi connectivity index (χ0n) is 10.3. The van der Waals surface area contributed by atoms with Gasteiger partial charge in [0, 0.05) is 25.8 Å². The minimum absolute atomic E-state index is 0.0380. The van der Waals surface area contributed by atoms with E-state index >= 15 is 0 Å². The van der Waals surface area contributed by atoms with Crippen LogP contribution in [0.25, 0.3) is 10.4 Å². The van der Waals surface area contributed by atoms with Gasteiger partial charge in [0.2, 0.25) is 0 Å². The fourth-order valence-corrected chi connectivity index (χ4v) is 3.50. The number of rotatable bonds is 3. The van der Waals surface area contributed by atoms with Gasteiger partial charge in [0.1, 0.15) is 5.82 Å². The summed E-state index contributed by atoms with van der Waals surface area (Å²) in [6, 6.07) is 8.79. The predicted octanol–water partition coefficient (Wildman–Crippen LogP) is 4.97. The van der Waals surface area contributed by atoms with E-state index < -0.39 is 0 Å². The van der Waals surface area contributed by atoms with Crippen LogP contribution in [0.1, 0.15) is 24.8 Å². The summed E-state index contributed by atoms with van der Waals surface area (Å²) in [7, 11) is 0. The van der Waals surface area contributed by atoms with E-state index in [2.05, 4.69) is 29.8 Å². The van der Waals surface area contributed by atoms with E-state index in [9.17, 15) is 4.39 Å². The maximum atomic E-state index is 13.3. The highest BCUT2D eigenvalue weighted by molar-refractivity contribution is 9.10. The highest BCUT2D eigenvalue weighted by Gasteiger charge is 2.14. The molecule has 1 unspecified atom stereocenters. The van der Waals surface area contributed by atoms with Crippen molar-refractivity contribution in [2.24, 2.45) is 11.7 Å². The number of hydrogen-bond donors (Lipinski definition) is 1. The molecule has 2 N–H and O–H groups in total. The Balaban J connectivity index is 2.38. The summed E-state index contributed by atoms with van der Waals surface area (Å²) in [6.45, 7) is 4.20. The van der Waals surface area contributed by atoms with Gasteiger partial charge in [-0.15, -0.1) is 11.3 Å². The molecule has 2 aromatic rings. The summed E-state index contributed by atoms with van der Waals surface area (Å²) in [6.07, 6.45) is 0. The van der Waals surface area contributed by atoms with Gasteiger partial charge >= 0.3 is 0 Å². The average Bonchev–Trinajstić information content (AvgIpc) is 2.80. The van der Waals surface area contributed by atoms with Crippen molar-refractivity contribution in [1.29, 1.82) is 0 Å². The first-order valence-corrected chi connectivity index (χ1v) is 7.40. The summed E-state index contributed by atoms with van der Waals surface area (Å²) in [5.74, 6) is 0.170. The summed E-state index contributed by atoms with van der Waals surface area (Å²) in [4.78, 5) is 2.17. The molecule has 0 bridgehead atoms. The standard InChI is InChI=1S/C14H15BrFNS/c1-8(2)14(17)13-6-5-12(18-13)10-7-9(16)3-4-11(10)15/h3-8,14H,17H2,1-2H3. The number of nitrogens with two attached hydrogens (primary N) is 1. The Hall–Kier alpha value is -0.710. The Morgan fingerprint density at radius 1 is 1.22 bits per heavy atom. The normalized spacial score (nSPS) is 13.0. The molecule has 1 heterocycles. The van der Waals surface area contributed by atoms with E-state index in [1.54, 1.807) is 23.5 Å². The predicted molar refractivity (Wildman–Crippen MR) is 79.2 cm³/mol. The number of hydrogen-bond acceptors (Lipinski definition) is 2. The van der Waals surface area contributed by atoms with Crippen molar-refractivity contribution >= 4 is 27.3 Å². The monoisotopic (exact) mass is 327 g/mol. The van der Waals surface area contributed by atoms with Gasteiger partial charge in [-0.3, -0.25) is 0 Å². The van der Waals surface area contributed by atoms with Crippen molar-refractivity contribution in [2.75, 3.05) is 0 Å². The lowest BCUT2D eigenvalue weighted by atomic mass is 10.0. The number of halogens is 2. The third-order valence-corrected chi connectivity index (χ3v) is 4.78. The van der Waals surface area contributed by atoms with Crippen molar-refractivity contribution in [3.63, 3.8) is 0 Å². The van der Waals surface area contributed by atoms with Crippen LogP contribution in [0.3, 0.4) is 0 Å². The summed E-state index contributed by atoms with van der Waals surface area (Å²) >= 11 is 5.07. The van der Waals surface area contributed by atoms with E-state index in [0.29, 0.717) is 5.92 Å². The largest absolute Gasteiger partial charge is 0.323 e. The fraction of sp³-hybridized carbons (Fsp3) is 0.286. The Bertz CT molecular complexity index is 550. The van der Waals surface area contributed by atoms with Gasteiger partial charge in [0.15, 0.2) is 0 Å². The molecule has 0 radical (unpaired) electrons. The van der Waals surface area contributed by atoms with Crippen LogP contribution in [0.15, 0.2) is 34.8 Å². The van der Waals surface area contributed by atoms with E-state index in [-0.39, 0.29) is 11.9 Å². The smallest absolute Gasteiger partial charge is 0.123 e. The van der Waals surface area contributed by atoms with Crippen molar-refractivity contribution < 1.29 is 4.39 Å². The van der Waals surface area contributed by atoms with Crippen LogP contribution < -0.4 is 5.73 Å². The third kappa shape index (κ3) is 2.82. The summed E-state index contributed by atoms with van der Waals surface area (Å²) in [5, 5.41) is 0. The molecule has 0 aliphatic heterocycles. The van der Waals surface area contributed by atoms with Crippen LogP contribution in [0, 0.1) is 11.7 Å². The van der Waals surface area contributed by atoms with Gasteiger partial charge in [0.25, 0.3) is 0 Å². The first kappa shape index (κ1) is 13.7. The molecule has 0 saturated carbocycles. The van der Waals surface area contributed by atoms with E-state index in [0.717, 1.165) is 19.8 Å². The van der Waals surface area contributed by atoms with Crippen molar-refractivity contribution in [1.82, 2.24) is 0 Å². The van der Waals surface area contributed by atoms with Gasteiger partial charge in [-0.1, -0.05) is 29.8 Å². The zero-order valence-corrected chi connectivity index (χ0v) is 12.7. The van der Waals surface area contributed by atoms with Crippen molar-refractivity contribution in [3.05, 3.63) is 45.5 Å². The van der Waals surface area contributed by atoms with Crippen molar-refractivity contribution in [3.8, 4) is 10.4 Å². The van der Waals surface area contributed by atoms with E-state index in [4.69, 9.17) is 5.73 Å². The van der Waals surface area contributed by atoms with Crippen LogP contribution in [0.2, 0.25) is 0 Å². The van der Waals surface area contributed by atoms with Gasteiger partial charge in [-0.25, -0.2) is 4.39 Å². The molecule has 0 amide bonds. The second-order valence-corrected chi connectivity index (χ2v) is 6.57. The second kappa shape index (κ2) is 5.51. The Morgan fingerprint density at radius 2 is 1.94 bits per heavy atom. The molecule has 1 nitrogen and oxygen atoms in total. The van der Waals surface area contributed by atoms with Crippen molar-refractivity contribution in [2.45, 2.75) is 19.9 Å². The van der Waals surface area contributed by atoms with Gasteiger partial charge in [-0.05, 0) is 36.2 Å².